The minimum absolute atomic E-state index is 0.0298. The average Bonchev–Trinajstić information content (AvgIpc) is 3.11. The summed E-state index contributed by atoms with van der Waals surface area (Å²) in [5.74, 6) is -1.95. The van der Waals surface area contributed by atoms with Crippen molar-refractivity contribution in [1.82, 2.24) is 14.7 Å². The molecule has 3 heterocycles. The van der Waals surface area contributed by atoms with Crippen LogP contribution in [0.4, 0.5) is 13.2 Å². The third kappa shape index (κ3) is 6.49. The van der Waals surface area contributed by atoms with Gasteiger partial charge in [0.25, 0.3) is 0 Å². The Kier molecular flexibility index (Phi) is 10.5. The number of aliphatic hydroxyl groups excluding tert-OH is 1. The number of nitrogens with zero attached hydrogens (tertiary/aromatic N) is 3. The number of morpholine rings is 1. The summed E-state index contributed by atoms with van der Waals surface area (Å²) in [5, 5.41) is 10.0. The number of hydrogen-bond donors (Lipinski definition) is 1. The number of piperidine rings is 1. The van der Waals surface area contributed by atoms with Gasteiger partial charge in [-0.3, -0.25) is 14.5 Å². The summed E-state index contributed by atoms with van der Waals surface area (Å²) < 4.78 is 49.2. The predicted molar refractivity (Wildman–Crippen MR) is 177 cm³/mol. The smallest absolute Gasteiger partial charge is 0.392 e. The van der Waals surface area contributed by atoms with E-state index in [0.29, 0.717) is 39.0 Å². The van der Waals surface area contributed by atoms with Crippen molar-refractivity contribution in [3.05, 3.63) is 11.3 Å². The highest BCUT2D eigenvalue weighted by atomic mass is 19.4. The number of fused-ring (bicyclic) bond motifs is 2. The maximum absolute atomic E-state index is 15.7. The van der Waals surface area contributed by atoms with Crippen LogP contribution in [0.15, 0.2) is 11.3 Å². The van der Waals surface area contributed by atoms with Gasteiger partial charge in [-0.1, -0.05) is 25.7 Å². The Morgan fingerprint density at radius 3 is 2.29 bits per heavy atom. The van der Waals surface area contributed by atoms with Gasteiger partial charge in [0.05, 0.1) is 24.5 Å². The van der Waals surface area contributed by atoms with E-state index in [9.17, 15) is 23.1 Å². The maximum atomic E-state index is 15.7. The lowest BCUT2D eigenvalue weighted by Gasteiger charge is -2.63. The third-order valence-electron chi connectivity index (χ3n) is 14.0. The molecule has 3 saturated carbocycles. The molecule has 0 radical (unpaired) electrons. The van der Waals surface area contributed by atoms with Crippen LogP contribution in [0.1, 0.15) is 109 Å². The second kappa shape index (κ2) is 14.5. The van der Waals surface area contributed by atoms with E-state index in [1.807, 2.05) is 4.90 Å². The second-order valence-corrected chi connectivity index (χ2v) is 16.5. The largest absolute Gasteiger partial charge is 0.396 e. The summed E-state index contributed by atoms with van der Waals surface area (Å²) in [6.45, 7) is 4.75. The highest BCUT2D eigenvalue weighted by Crippen LogP contribution is 2.61. The predicted octanol–water partition coefficient (Wildman–Crippen LogP) is 6.55. The number of ether oxygens (including phenoxy) is 1. The van der Waals surface area contributed by atoms with E-state index in [1.165, 1.54) is 11.3 Å². The SMILES string of the molecule is O=C1C2CCCCC2[C@@]2(CC3=C(CCCC3)N(CCN3CCOCC3)C2=O)[C@H](C2CCC(CO)CC2)N1CC1CCCCC1C(F)(F)F. The van der Waals surface area contributed by atoms with Crippen LogP contribution in [0.25, 0.3) is 0 Å². The van der Waals surface area contributed by atoms with Crippen LogP contribution in [0.3, 0.4) is 0 Å². The van der Waals surface area contributed by atoms with Crippen molar-refractivity contribution in [2.75, 3.05) is 52.5 Å². The van der Waals surface area contributed by atoms with Crippen molar-refractivity contribution in [3.8, 4) is 0 Å². The van der Waals surface area contributed by atoms with E-state index in [0.717, 1.165) is 103 Å². The average molecular weight is 678 g/mol. The molecule has 2 amide bonds. The molecule has 0 aromatic carbocycles. The number of allylic oxidation sites excluding steroid dienone is 2. The topological polar surface area (TPSA) is 73.3 Å². The van der Waals surface area contributed by atoms with Gasteiger partial charge in [-0.05, 0) is 113 Å². The molecule has 3 aliphatic heterocycles. The molecule has 2 saturated heterocycles. The normalized spacial score (nSPS) is 38.7. The van der Waals surface area contributed by atoms with Crippen LogP contribution in [0, 0.1) is 40.9 Å². The summed E-state index contributed by atoms with van der Waals surface area (Å²) in [4.78, 5) is 37.0. The van der Waals surface area contributed by atoms with E-state index in [4.69, 9.17) is 4.74 Å². The van der Waals surface area contributed by atoms with Gasteiger partial charge < -0.3 is 19.6 Å². The molecule has 0 aromatic rings. The van der Waals surface area contributed by atoms with Gasteiger partial charge in [-0.25, -0.2) is 0 Å². The molecule has 7 nitrogen and oxygen atoms in total. The van der Waals surface area contributed by atoms with Crippen molar-refractivity contribution >= 4 is 11.8 Å². The summed E-state index contributed by atoms with van der Waals surface area (Å²) in [5.41, 5.74) is 1.77. The van der Waals surface area contributed by atoms with Crippen LogP contribution >= 0.6 is 0 Å². The van der Waals surface area contributed by atoms with Crippen LogP contribution in [0.2, 0.25) is 0 Å². The molecular formula is C38H58F3N3O4. The molecule has 48 heavy (non-hydrogen) atoms. The van der Waals surface area contributed by atoms with Crippen LogP contribution in [-0.4, -0.2) is 96.4 Å². The minimum atomic E-state index is -4.29. The van der Waals surface area contributed by atoms with Crippen molar-refractivity contribution in [2.24, 2.45) is 40.9 Å². The van der Waals surface area contributed by atoms with Crippen LogP contribution in [-0.2, 0) is 14.3 Å². The van der Waals surface area contributed by atoms with Gasteiger partial charge in [0, 0.05) is 57.0 Å². The molecule has 0 bridgehead atoms. The van der Waals surface area contributed by atoms with Gasteiger partial charge in [-0.2, -0.15) is 13.2 Å². The summed E-state index contributed by atoms with van der Waals surface area (Å²) in [6, 6.07) is -0.394. The Balaban J connectivity index is 1.32. The highest BCUT2D eigenvalue weighted by molar-refractivity contribution is 5.92. The molecule has 270 valence electrons. The minimum Gasteiger partial charge on any atom is -0.396 e. The van der Waals surface area contributed by atoms with E-state index in [2.05, 4.69) is 9.80 Å². The van der Waals surface area contributed by atoms with E-state index in [-0.39, 0.29) is 55.1 Å². The third-order valence-corrected chi connectivity index (χ3v) is 14.0. The monoisotopic (exact) mass is 677 g/mol. The van der Waals surface area contributed by atoms with E-state index < -0.39 is 29.5 Å². The number of alkyl halides is 3. The number of likely N-dealkylation sites (tertiary alicyclic amines) is 1. The maximum Gasteiger partial charge on any atom is 0.392 e. The Labute approximate surface area is 285 Å². The second-order valence-electron chi connectivity index (χ2n) is 16.5. The summed E-state index contributed by atoms with van der Waals surface area (Å²) in [7, 11) is 0. The number of carbonyl (C=O) groups is 2. The van der Waals surface area contributed by atoms with Gasteiger partial charge in [0.1, 0.15) is 0 Å². The number of rotatable bonds is 7. The molecule has 4 unspecified atom stereocenters. The number of carbonyl (C=O) groups excluding carboxylic acids is 2. The molecule has 7 rings (SSSR count). The zero-order valence-corrected chi connectivity index (χ0v) is 28.9. The molecule has 1 N–H and O–H groups in total. The molecule has 4 aliphatic carbocycles. The highest BCUT2D eigenvalue weighted by Gasteiger charge is 2.66. The molecule has 10 heteroatoms. The fourth-order valence-corrected chi connectivity index (χ4v) is 11.7. The lowest BCUT2D eigenvalue weighted by molar-refractivity contribution is -0.206. The van der Waals surface area contributed by atoms with Crippen molar-refractivity contribution in [3.63, 3.8) is 0 Å². The first-order chi connectivity index (χ1) is 23.2. The molecular weight excluding hydrogens is 619 g/mol. The van der Waals surface area contributed by atoms with Gasteiger partial charge >= 0.3 is 6.18 Å². The van der Waals surface area contributed by atoms with Gasteiger partial charge in [-0.15, -0.1) is 0 Å². The first-order valence-electron chi connectivity index (χ1n) is 19.5. The zero-order valence-electron chi connectivity index (χ0n) is 28.9. The number of halogens is 3. The summed E-state index contributed by atoms with van der Waals surface area (Å²) in [6.07, 6.45) is 9.12. The van der Waals surface area contributed by atoms with E-state index >= 15 is 4.79 Å². The van der Waals surface area contributed by atoms with Crippen LogP contribution < -0.4 is 0 Å². The summed E-state index contributed by atoms with van der Waals surface area (Å²) >= 11 is 0. The lowest BCUT2D eigenvalue weighted by Crippen LogP contribution is -2.72. The van der Waals surface area contributed by atoms with Crippen LogP contribution in [0.5, 0.6) is 0 Å². The van der Waals surface area contributed by atoms with Crippen molar-refractivity contribution in [1.29, 1.82) is 0 Å². The molecule has 0 aromatic heterocycles. The fourth-order valence-electron chi connectivity index (χ4n) is 11.7. The Morgan fingerprint density at radius 2 is 1.54 bits per heavy atom. The number of hydrogen-bond acceptors (Lipinski definition) is 5. The molecule has 1 spiro atoms. The van der Waals surface area contributed by atoms with Gasteiger partial charge in [0.2, 0.25) is 11.8 Å². The fraction of sp³-hybridized carbons (Fsp3) is 0.895. The standard InChI is InChI=1S/C38H58F3N3O4/c39-38(40,41)31-10-4-1-8-29(31)24-44-34(27-15-13-26(25-45)14-16-27)37(32-11-5-3-9-30(32)35(44)46)23-28-7-2-6-12-33(28)43(36(37)47)18-17-42-19-21-48-22-20-42/h26-27,29-32,34,45H,1-25H2/t26?,27?,29?,30?,31?,32?,34-,37-/m0/s1. The molecule has 6 atom stereocenters. The Hall–Kier alpha value is -1.65. The quantitative estimate of drug-likeness (QED) is 0.331. The van der Waals surface area contributed by atoms with Gasteiger partial charge in [0.15, 0.2) is 0 Å². The zero-order chi connectivity index (χ0) is 33.5. The number of aliphatic hydroxyl groups is 1. The number of amides is 2. The first-order valence-corrected chi connectivity index (χ1v) is 19.5. The lowest BCUT2D eigenvalue weighted by atomic mass is 9.50. The van der Waals surface area contributed by atoms with Crippen molar-refractivity contribution in [2.45, 2.75) is 121 Å². The molecule has 7 aliphatic rings. The Bertz CT molecular complexity index is 1200. The van der Waals surface area contributed by atoms with Crippen molar-refractivity contribution < 1.29 is 32.6 Å². The molecule has 5 fully saturated rings. The van der Waals surface area contributed by atoms with E-state index in [1.54, 1.807) is 0 Å². The first kappa shape index (κ1) is 34.8. The Morgan fingerprint density at radius 1 is 0.833 bits per heavy atom.